The first-order valence-electron chi connectivity index (χ1n) is 22.4. The first-order chi connectivity index (χ1) is 29.1. The predicted octanol–water partition coefficient (Wildman–Crippen LogP) is 4.27. The molecule has 0 unspecified atom stereocenters. The van der Waals surface area contributed by atoms with Gasteiger partial charge in [0.25, 0.3) is 11.5 Å². The van der Waals surface area contributed by atoms with Crippen molar-refractivity contribution in [2.75, 3.05) is 58.9 Å². The number of carbonyl (C=O) groups excluding carboxylic acids is 4. The summed E-state index contributed by atoms with van der Waals surface area (Å²) in [4.78, 5) is 73.9. The van der Waals surface area contributed by atoms with Gasteiger partial charge in [-0.05, 0) is 93.4 Å². The van der Waals surface area contributed by atoms with E-state index in [9.17, 15) is 24.0 Å². The number of nitrogens with zero attached hydrogens (tertiary/aromatic N) is 5. The lowest BCUT2D eigenvalue weighted by Gasteiger charge is -2.60. The largest absolute Gasteiger partial charge is 0.375 e. The topological polar surface area (TPSA) is 148 Å². The van der Waals surface area contributed by atoms with Crippen molar-refractivity contribution in [1.82, 2.24) is 35.1 Å². The fraction of sp³-hybridized carbons (Fsp3) is 0.609. The summed E-state index contributed by atoms with van der Waals surface area (Å²) < 4.78 is 21.6. The summed E-state index contributed by atoms with van der Waals surface area (Å²) in [5.41, 5.74) is 0.837. The Balaban J connectivity index is 0.700. The Hall–Kier alpha value is -4.69. The number of H-pyrrole nitrogens is 1. The van der Waals surface area contributed by atoms with Crippen LogP contribution in [0.15, 0.2) is 47.3 Å². The van der Waals surface area contributed by atoms with Gasteiger partial charge in [0, 0.05) is 69.6 Å². The van der Waals surface area contributed by atoms with E-state index in [0.29, 0.717) is 74.3 Å². The lowest BCUT2D eigenvalue weighted by molar-refractivity contribution is -0.168. The minimum absolute atomic E-state index is 0.0197. The van der Waals surface area contributed by atoms with Gasteiger partial charge in [-0.1, -0.05) is 43.5 Å². The van der Waals surface area contributed by atoms with Gasteiger partial charge in [0.1, 0.15) is 11.9 Å². The number of likely N-dealkylation sites (tertiary alicyclic amines) is 2. The number of rotatable bonds is 11. The van der Waals surface area contributed by atoms with Crippen molar-refractivity contribution in [3.8, 4) is 0 Å². The van der Waals surface area contributed by atoms with Gasteiger partial charge < -0.3 is 24.8 Å². The molecule has 60 heavy (non-hydrogen) atoms. The summed E-state index contributed by atoms with van der Waals surface area (Å²) >= 11 is 0. The van der Waals surface area contributed by atoms with Crippen molar-refractivity contribution >= 4 is 34.4 Å². The van der Waals surface area contributed by atoms with Gasteiger partial charge in [-0.25, -0.2) is 9.49 Å². The number of aromatic nitrogens is 2. The maximum atomic E-state index is 15.0. The number of nitrogens with one attached hydrogen (secondary N) is 2. The molecule has 1 atom stereocenters. The van der Waals surface area contributed by atoms with E-state index >= 15 is 4.39 Å². The molecule has 7 fully saturated rings. The van der Waals surface area contributed by atoms with Crippen LogP contribution in [-0.2, 0) is 25.5 Å². The lowest BCUT2D eigenvalue weighted by Crippen LogP contribution is -2.64. The fourth-order valence-corrected chi connectivity index (χ4v) is 10.8. The fourth-order valence-electron chi connectivity index (χ4n) is 10.8. The molecule has 2 bridgehead atoms. The van der Waals surface area contributed by atoms with Crippen LogP contribution in [0.5, 0.6) is 0 Å². The van der Waals surface area contributed by atoms with Crippen LogP contribution in [-0.4, -0.2) is 131 Å². The minimum atomic E-state index is -0.603. The highest BCUT2D eigenvalue weighted by atomic mass is 19.1. The number of halogens is 1. The quantitative estimate of drug-likeness (QED) is 0.292. The number of fused-ring (bicyclic) bond motifs is 1. The smallest absolute Gasteiger partial charge is 0.272 e. The number of hydrogen-bond donors (Lipinski definition) is 2. The average Bonchev–Trinajstić information content (AvgIpc) is 3.24. The lowest BCUT2D eigenvalue weighted by atomic mass is 9.44. The van der Waals surface area contributed by atoms with E-state index < -0.39 is 17.8 Å². The zero-order valence-corrected chi connectivity index (χ0v) is 34.5. The molecule has 3 saturated heterocycles. The number of ether oxygens (including phenoxy) is 1. The van der Waals surface area contributed by atoms with Crippen molar-refractivity contribution in [3.05, 3.63) is 75.5 Å². The summed E-state index contributed by atoms with van der Waals surface area (Å²) in [5.74, 6) is 0.165. The second kappa shape index (κ2) is 17.4. The Labute approximate surface area is 350 Å². The zero-order valence-electron chi connectivity index (χ0n) is 34.5. The molecule has 4 amide bonds. The highest BCUT2D eigenvalue weighted by molar-refractivity contribution is 5.95. The van der Waals surface area contributed by atoms with Gasteiger partial charge in [-0.3, -0.25) is 28.9 Å². The molecule has 2 aromatic carbocycles. The number of benzene rings is 2. The summed E-state index contributed by atoms with van der Waals surface area (Å²) in [7, 11) is 0. The van der Waals surface area contributed by atoms with Gasteiger partial charge in [-0.15, -0.1) is 0 Å². The van der Waals surface area contributed by atoms with Gasteiger partial charge in [0.2, 0.25) is 17.7 Å². The monoisotopic (exact) mass is 823 g/mol. The molecule has 3 aromatic rings. The summed E-state index contributed by atoms with van der Waals surface area (Å²) in [6.45, 7) is 4.53. The first-order valence-corrected chi connectivity index (χ1v) is 22.4. The third-order valence-corrected chi connectivity index (χ3v) is 14.6. The van der Waals surface area contributed by atoms with E-state index in [1.54, 1.807) is 34.1 Å². The van der Waals surface area contributed by atoms with Crippen molar-refractivity contribution in [2.24, 2.45) is 17.3 Å². The van der Waals surface area contributed by atoms with Crippen molar-refractivity contribution in [1.29, 1.82) is 0 Å². The molecule has 4 saturated carbocycles. The molecular formula is C46H58FN7O6. The molecule has 10 rings (SSSR count). The number of piperazine rings is 1. The molecular weight excluding hydrogens is 766 g/mol. The van der Waals surface area contributed by atoms with Crippen LogP contribution >= 0.6 is 0 Å². The predicted molar refractivity (Wildman–Crippen MR) is 222 cm³/mol. The number of carbonyl (C=O) groups is 4. The number of amides is 4. The van der Waals surface area contributed by atoms with Crippen LogP contribution in [0.1, 0.15) is 98.7 Å². The molecule has 7 aliphatic rings. The van der Waals surface area contributed by atoms with Crippen molar-refractivity contribution in [3.63, 3.8) is 0 Å². The van der Waals surface area contributed by atoms with E-state index in [1.807, 2.05) is 17.0 Å². The van der Waals surface area contributed by atoms with Gasteiger partial charge in [0.05, 0.1) is 35.4 Å². The van der Waals surface area contributed by atoms with Crippen molar-refractivity contribution in [2.45, 2.75) is 102 Å². The molecule has 2 N–H and O–H groups in total. The second-order valence-corrected chi connectivity index (χ2v) is 18.5. The Bertz CT molecular complexity index is 2130. The molecule has 4 aliphatic carbocycles. The summed E-state index contributed by atoms with van der Waals surface area (Å²) in [6, 6.07) is 11.2. The van der Waals surface area contributed by atoms with Crippen LogP contribution in [0.2, 0.25) is 0 Å². The highest BCUT2D eigenvalue weighted by Gasteiger charge is 2.61. The van der Waals surface area contributed by atoms with Gasteiger partial charge >= 0.3 is 0 Å². The van der Waals surface area contributed by atoms with E-state index in [4.69, 9.17) is 4.74 Å². The normalized spacial score (nSPS) is 24.8. The van der Waals surface area contributed by atoms with E-state index in [-0.39, 0.29) is 52.4 Å². The Morgan fingerprint density at radius 2 is 1.45 bits per heavy atom. The number of piperidine rings is 2. The summed E-state index contributed by atoms with van der Waals surface area (Å²) in [5, 5.41) is 11.3. The number of hydrogen-bond acceptors (Lipinski definition) is 8. The molecule has 0 radical (unpaired) electrons. The third-order valence-electron chi connectivity index (χ3n) is 14.6. The summed E-state index contributed by atoms with van der Waals surface area (Å²) in [6.07, 6.45) is 12.2. The molecule has 320 valence electrons. The Morgan fingerprint density at radius 3 is 2.12 bits per heavy atom. The Morgan fingerprint density at radius 1 is 0.800 bits per heavy atom. The molecule has 0 spiro atoms. The average molecular weight is 824 g/mol. The number of aromatic amines is 1. The first kappa shape index (κ1) is 40.7. The second-order valence-electron chi connectivity index (χ2n) is 18.5. The molecule has 3 aliphatic heterocycles. The zero-order chi connectivity index (χ0) is 41.4. The highest BCUT2D eigenvalue weighted by Crippen LogP contribution is 2.64. The standard InChI is InChI=1S/C46H58FN7O6/c47-38-11-10-30(25-39-35-8-4-5-9-36(35)42(56)50-49-39)24-37(38)43(57)54-22-20-52(21-23-54)40(55)29-51-16-12-33(13-17-51)60-34-14-18-53(19-15-34)44(58)41(32-6-2-1-3-7-32)48-45(59)46-26-31(27-46)28-46/h4-5,8-11,24,31-34,41H,1-3,6-7,12-23,25-29H2,(H,48,59)(H,50,56)/t31?,41-,46?/m1/s1. The SMILES string of the molecule is O=C(CN1CCC(OC2CCN(C(=O)[C@H](NC(=O)C34CC(C3)C4)C3CCCCC3)CC2)CC1)N1CCN(C(=O)c2cc(Cc3n[nH]c(=O)c4ccccc34)ccc2F)CC1. The molecule has 13 nitrogen and oxygen atoms in total. The van der Waals surface area contributed by atoms with Crippen LogP contribution in [0, 0.1) is 23.1 Å². The molecule has 4 heterocycles. The van der Waals surface area contributed by atoms with E-state index in [1.165, 1.54) is 12.5 Å². The minimum Gasteiger partial charge on any atom is -0.375 e. The van der Waals surface area contributed by atoms with Crippen LogP contribution in [0.3, 0.4) is 0 Å². The Kier molecular flexibility index (Phi) is 11.8. The van der Waals surface area contributed by atoms with Gasteiger partial charge in [-0.2, -0.15) is 5.10 Å². The maximum Gasteiger partial charge on any atom is 0.272 e. The third kappa shape index (κ3) is 8.46. The molecule has 1 aromatic heterocycles. The van der Waals surface area contributed by atoms with Gasteiger partial charge in [0.15, 0.2) is 0 Å². The maximum absolute atomic E-state index is 15.0. The van der Waals surface area contributed by atoms with E-state index in [2.05, 4.69) is 20.4 Å². The van der Waals surface area contributed by atoms with Crippen molar-refractivity contribution < 1.29 is 28.3 Å². The molecule has 14 heteroatoms. The van der Waals surface area contributed by atoms with E-state index in [0.717, 1.165) is 89.6 Å². The van der Waals surface area contributed by atoms with Crippen LogP contribution < -0.4 is 10.9 Å². The van der Waals surface area contributed by atoms with Crippen LogP contribution in [0.25, 0.3) is 10.8 Å². The van der Waals surface area contributed by atoms with Crippen LogP contribution in [0.4, 0.5) is 4.39 Å².